The molecule has 8 nitrogen and oxygen atoms in total. The Hall–Kier alpha value is -2.82. The standard InChI is InChI=1S/C18H20F2N4O4S/c1-3-28-18(27)13-8(2)14(16(21)26)29-17(13)22-12(25)7-24-11(9-4-5-9)6-10(23-24)15(19)20/h6,9,15H,3-5,7H2,1-2H3,(H2,21,26)(H,22,25). The third-order valence-corrected chi connectivity index (χ3v) is 5.67. The van der Waals surface area contributed by atoms with Gasteiger partial charge in [-0.2, -0.15) is 5.10 Å². The highest BCUT2D eigenvalue weighted by molar-refractivity contribution is 7.18. The number of thiophene rings is 1. The first-order valence-electron chi connectivity index (χ1n) is 8.98. The highest BCUT2D eigenvalue weighted by atomic mass is 32.1. The van der Waals surface area contributed by atoms with E-state index in [0.29, 0.717) is 11.3 Å². The Balaban J connectivity index is 1.85. The van der Waals surface area contributed by atoms with Gasteiger partial charge in [0.25, 0.3) is 12.3 Å². The van der Waals surface area contributed by atoms with Crippen LogP contribution in [0.25, 0.3) is 0 Å². The minimum Gasteiger partial charge on any atom is -0.462 e. The Kier molecular flexibility index (Phi) is 5.96. The quantitative estimate of drug-likeness (QED) is 0.630. The summed E-state index contributed by atoms with van der Waals surface area (Å²) in [5.74, 6) is -1.88. The van der Waals surface area contributed by atoms with Gasteiger partial charge in [-0.25, -0.2) is 13.6 Å². The minimum atomic E-state index is -2.73. The molecule has 1 aliphatic carbocycles. The van der Waals surface area contributed by atoms with Crippen molar-refractivity contribution in [1.82, 2.24) is 9.78 Å². The molecule has 1 fully saturated rings. The Morgan fingerprint density at radius 2 is 2.10 bits per heavy atom. The van der Waals surface area contributed by atoms with E-state index in [1.165, 1.54) is 17.7 Å². The second-order valence-corrected chi connectivity index (χ2v) is 7.64. The van der Waals surface area contributed by atoms with Crippen molar-refractivity contribution in [3.8, 4) is 0 Å². The summed E-state index contributed by atoms with van der Waals surface area (Å²) in [6.45, 7) is 2.97. The number of hydrogen-bond donors (Lipinski definition) is 2. The SMILES string of the molecule is CCOC(=O)c1c(NC(=O)Cn2nc(C(F)F)cc2C2CC2)sc(C(N)=O)c1C. The number of carbonyl (C=O) groups is 3. The average molecular weight is 426 g/mol. The smallest absolute Gasteiger partial charge is 0.341 e. The number of aromatic nitrogens is 2. The molecule has 11 heteroatoms. The number of nitrogens with zero attached hydrogens (tertiary/aromatic N) is 2. The first kappa shape index (κ1) is 20.9. The van der Waals surface area contributed by atoms with Crippen LogP contribution < -0.4 is 11.1 Å². The molecule has 0 aliphatic heterocycles. The Bertz CT molecular complexity index is 965. The maximum Gasteiger partial charge on any atom is 0.341 e. The lowest BCUT2D eigenvalue weighted by Crippen LogP contribution is -2.21. The third-order valence-electron chi connectivity index (χ3n) is 4.45. The van der Waals surface area contributed by atoms with Gasteiger partial charge < -0.3 is 15.8 Å². The molecule has 0 bridgehead atoms. The zero-order valence-electron chi connectivity index (χ0n) is 15.8. The van der Waals surface area contributed by atoms with Crippen LogP contribution in [0.2, 0.25) is 0 Å². The summed E-state index contributed by atoms with van der Waals surface area (Å²) >= 11 is 0.863. The van der Waals surface area contributed by atoms with E-state index in [2.05, 4.69) is 10.4 Å². The number of alkyl halides is 2. The summed E-state index contributed by atoms with van der Waals surface area (Å²) in [5, 5.41) is 6.52. The molecule has 0 aromatic carbocycles. The fraction of sp³-hybridized carbons (Fsp3) is 0.444. The molecule has 0 spiro atoms. The largest absolute Gasteiger partial charge is 0.462 e. The molecule has 1 saturated carbocycles. The number of nitrogens with one attached hydrogen (secondary N) is 1. The summed E-state index contributed by atoms with van der Waals surface area (Å²) in [7, 11) is 0. The highest BCUT2D eigenvalue weighted by Crippen LogP contribution is 2.41. The van der Waals surface area contributed by atoms with Gasteiger partial charge >= 0.3 is 5.97 Å². The summed E-state index contributed by atoms with van der Waals surface area (Å²) in [4.78, 5) is 36.6. The van der Waals surface area contributed by atoms with E-state index >= 15 is 0 Å². The number of anilines is 1. The van der Waals surface area contributed by atoms with Gasteiger partial charge in [-0.1, -0.05) is 0 Å². The lowest BCUT2D eigenvalue weighted by Gasteiger charge is -2.09. The number of hydrogen-bond acceptors (Lipinski definition) is 6. The zero-order chi connectivity index (χ0) is 21.3. The van der Waals surface area contributed by atoms with Crippen LogP contribution in [-0.4, -0.2) is 34.2 Å². The topological polar surface area (TPSA) is 116 Å². The van der Waals surface area contributed by atoms with Crippen LogP contribution in [0, 0.1) is 6.92 Å². The molecule has 0 atom stereocenters. The summed E-state index contributed by atoms with van der Waals surface area (Å²) in [6, 6.07) is 1.32. The van der Waals surface area contributed by atoms with E-state index in [0.717, 1.165) is 24.2 Å². The van der Waals surface area contributed by atoms with Crippen molar-refractivity contribution in [1.29, 1.82) is 0 Å². The number of esters is 1. The minimum absolute atomic E-state index is 0.0511. The molecule has 2 aromatic heterocycles. The van der Waals surface area contributed by atoms with Gasteiger partial charge in [-0.15, -0.1) is 11.3 Å². The van der Waals surface area contributed by atoms with Crippen LogP contribution in [0.15, 0.2) is 6.07 Å². The number of amides is 2. The van der Waals surface area contributed by atoms with Crippen LogP contribution >= 0.6 is 11.3 Å². The van der Waals surface area contributed by atoms with Crippen molar-refractivity contribution in [3.05, 3.63) is 33.5 Å². The van der Waals surface area contributed by atoms with Crippen molar-refractivity contribution in [2.24, 2.45) is 5.73 Å². The molecular formula is C18H20F2N4O4S. The molecule has 2 aromatic rings. The Labute approximate surface area is 169 Å². The van der Waals surface area contributed by atoms with Gasteiger partial charge in [0.15, 0.2) is 0 Å². The predicted molar refractivity (Wildman–Crippen MR) is 101 cm³/mol. The number of carbonyl (C=O) groups excluding carboxylic acids is 3. The lowest BCUT2D eigenvalue weighted by molar-refractivity contribution is -0.116. The zero-order valence-corrected chi connectivity index (χ0v) is 16.6. The number of primary amides is 1. The molecule has 3 N–H and O–H groups in total. The third kappa shape index (κ3) is 4.44. The maximum atomic E-state index is 13.0. The molecular weight excluding hydrogens is 406 g/mol. The van der Waals surface area contributed by atoms with Crippen LogP contribution in [0.3, 0.4) is 0 Å². The first-order chi connectivity index (χ1) is 13.7. The van der Waals surface area contributed by atoms with Crippen LogP contribution in [0.4, 0.5) is 13.8 Å². The molecule has 0 saturated heterocycles. The van der Waals surface area contributed by atoms with Gasteiger partial charge in [-0.05, 0) is 38.3 Å². The number of ether oxygens (including phenoxy) is 1. The summed E-state index contributed by atoms with van der Waals surface area (Å²) in [5.41, 5.74) is 5.91. The number of halogens is 2. The monoisotopic (exact) mass is 426 g/mol. The number of rotatable bonds is 8. The van der Waals surface area contributed by atoms with Crippen molar-refractivity contribution < 1.29 is 27.9 Å². The molecule has 2 heterocycles. The highest BCUT2D eigenvalue weighted by Gasteiger charge is 2.31. The Morgan fingerprint density at radius 3 is 2.66 bits per heavy atom. The first-order valence-corrected chi connectivity index (χ1v) is 9.80. The Morgan fingerprint density at radius 1 is 1.41 bits per heavy atom. The van der Waals surface area contributed by atoms with Crippen molar-refractivity contribution in [2.75, 3.05) is 11.9 Å². The molecule has 2 amide bonds. The molecule has 3 rings (SSSR count). The number of nitrogens with two attached hydrogens (primary N) is 1. The summed E-state index contributed by atoms with van der Waals surface area (Å²) < 4.78 is 32.2. The van der Waals surface area contributed by atoms with Crippen LogP contribution in [0.5, 0.6) is 0 Å². The summed E-state index contributed by atoms with van der Waals surface area (Å²) in [6.07, 6.45) is -1.02. The second kappa shape index (κ2) is 8.27. The van der Waals surface area contributed by atoms with E-state index < -0.39 is 24.2 Å². The van der Waals surface area contributed by atoms with Crippen LogP contribution in [-0.2, 0) is 16.1 Å². The molecule has 0 unspecified atom stereocenters. The van der Waals surface area contributed by atoms with Crippen molar-refractivity contribution in [2.45, 2.75) is 45.6 Å². The van der Waals surface area contributed by atoms with Crippen molar-refractivity contribution in [3.63, 3.8) is 0 Å². The fourth-order valence-corrected chi connectivity index (χ4v) is 4.04. The van der Waals surface area contributed by atoms with E-state index in [9.17, 15) is 23.2 Å². The normalized spacial score (nSPS) is 13.6. The van der Waals surface area contributed by atoms with Gasteiger partial charge in [0.2, 0.25) is 5.91 Å². The fourth-order valence-electron chi connectivity index (χ4n) is 2.98. The van der Waals surface area contributed by atoms with Gasteiger partial charge in [-0.3, -0.25) is 14.3 Å². The van der Waals surface area contributed by atoms with E-state index in [1.807, 2.05) is 0 Å². The van der Waals surface area contributed by atoms with Gasteiger partial charge in [0.05, 0.1) is 17.0 Å². The predicted octanol–water partition coefficient (Wildman–Crippen LogP) is 2.98. The average Bonchev–Trinajstić information content (AvgIpc) is 3.31. The molecule has 29 heavy (non-hydrogen) atoms. The van der Waals surface area contributed by atoms with Gasteiger partial charge in [0, 0.05) is 11.6 Å². The van der Waals surface area contributed by atoms with E-state index in [1.54, 1.807) is 6.92 Å². The van der Waals surface area contributed by atoms with Crippen molar-refractivity contribution >= 4 is 34.1 Å². The maximum absolute atomic E-state index is 13.0. The molecule has 0 radical (unpaired) electrons. The lowest BCUT2D eigenvalue weighted by atomic mass is 10.1. The van der Waals surface area contributed by atoms with Gasteiger partial charge in [0.1, 0.15) is 17.2 Å². The van der Waals surface area contributed by atoms with E-state index in [-0.39, 0.29) is 40.2 Å². The van der Waals surface area contributed by atoms with E-state index in [4.69, 9.17) is 10.5 Å². The molecule has 156 valence electrons. The second-order valence-electron chi connectivity index (χ2n) is 6.62. The molecule has 1 aliphatic rings. The van der Waals surface area contributed by atoms with Crippen LogP contribution in [0.1, 0.15) is 69.1 Å².